The Kier molecular flexibility index (Phi) is 4.56. The Labute approximate surface area is 86.0 Å². The minimum Gasteiger partial charge on any atom is -0.329 e. The summed E-state index contributed by atoms with van der Waals surface area (Å²) in [5.74, 6) is 3.26. The summed E-state index contributed by atoms with van der Waals surface area (Å²) < 4.78 is 0. The lowest BCUT2D eigenvalue weighted by Gasteiger charge is -2.29. The molecule has 13 heavy (non-hydrogen) atoms. The zero-order chi connectivity index (χ0) is 9.73. The van der Waals surface area contributed by atoms with Crippen molar-refractivity contribution in [1.82, 2.24) is 5.32 Å². The van der Waals surface area contributed by atoms with E-state index in [1.807, 2.05) is 11.8 Å². The first kappa shape index (κ1) is 11.3. The van der Waals surface area contributed by atoms with E-state index in [1.54, 1.807) is 0 Å². The molecule has 1 saturated carbocycles. The minimum absolute atomic E-state index is 0.217. The summed E-state index contributed by atoms with van der Waals surface area (Å²) in [7, 11) is 0. The largest absolute Gasteiger partial charge is 0.329 e. The molecule has 1 fully saturated rings. The van der Waals surface area contributed by atoms with Gasteiger partial charge in [-0.15, -0.1) is 0 Å². The van der Waals surface area contributed by atoms with E-state index >= 15 is 0 Å². The van der Waals surface area contributed by atoms with Crippen molar-refractivity contribution in [2.45, 2.75) is 32.2 Å². The van der Waals surface area contributed by atoms with Crippen LogP contribution in [0.1, 0.15) is 26.7 Å². The highest BCUT2D eigenvalue weighted by Gasteiger charge is 2.39. The zero-order valence-corrected chi connectivity index (χ0v) is 9.62. The Morgan fingerprint density at radius 1 is 1.54 bits per heavy atom. The molecule has 0 bridgehead atoms. The van der Waals surface area contributed by atoms with Crippen LogP contribution in [-0.2, 0) is 0 Å². The van der Waals surface area contributed by atoms with Crippen LogP contribution in [0.2, 0.25) is 0 Å². The van der Waals surface area contributed by atoms with Crippen molar-refractivity contribution in [2.75, 3.05) is 24.6 Å². The predicted octanol–water partition coefficient (Wildman–Crippen LogP) is 1.46. The third kappa shape index (κ3) is 3.49. The summed E-state index contributed by atoms with van der Waals surface area (Å²) in [6, 6.07) is 0. The van der Waals surface area contributed by atoms with Crippen molar-refractivity contribution in [3.8, 4) is 0 Å². The number of nitrogens with one attached hydrogen (secondary N) is 1. The molecule has 0 spiro atoms. The van der Waals surface area contributed by atoms with E-state index in [9.17, 15) is 0 Å². The smallest absolute Gasteiger partial charge is 0.0304 e. The topological polar surface area (TPSA) is 38.0 Å². The molecule has 3 N–H and O–H groups in total. The van der Waals surface area contributed by atoms with E-state index in [-0.39, 0.29) is 5.54 Å². The molecule has 1 aliphatic rings. The van der Waals surface area contributed by atoms with Gasteiger partial charge in [0.05, 0.1) is 0 Å². The summed E-state index contributed by atoms with van der Waals surface area (Å²) in [4.78, 5) is 0. The number of rotatable bonds is 7. The summed E-state index contributed by atoms with van der Waals surface area (Å²) in [6.07, 6.45) is 2.73. The van der Waals surface area contributed by atoms with E-state index in [4.69, 9.17) is 5.73 Å². The van der Waals surface area contributed by atoms with Crippen LogP contribution in [0.25, 0.3) is 0 Å². The maximum Gasteiger partial charge on any atom is 0.0304 e. The van der Waals surface area contributed by atoms with Gasteiger partial charge in [0.25, 0.3) is 0 Å². The molecule has 1 unspecified atom stereocenters. The van der Waals surface area contributed by atoms with Gasteiger partial charge < -0.3 is 11.1 Å². The predicted molar refractivity (Wildman–Crippen MR) is 61.2 cm³/mol. The van der Waals surface area contributed by atoms with Crippen LogP contribution in [0.3, 0.4) is 0 Å². The number of hydrogen-bond acceptors (Lipinski definition) is 3. The first-order valence-corrected chi connectivity index (χ1v) is 6.41. The van der Waals surface area contributed by atoms with Gasteiger partial charge in [0.15, 0.2) is 0 Å². The van der Waals surface area contributed by atoms with E-state index in [1.165, 1.54) is 24.3 Å². The van der Waals surface area contributed by atoms with Gasteiger partial charge in [-0.3, -0.25) is 0 Å². The molecule has 1 aliphatic carbocycles. The first-order valence-electron chi connectivity index (χ1n) is 5.25. The van der Waals surface area contributed by atoms with Gasteiger partial charge in [-0.05, 0) is 31.4 Å². The standard InChI is InChI=1S/C10H22N2S/c1-3-13-7-6-12-10(2,8-11)9-4-5-9/h9,12H,3-8,11H2,1-2H3. The Hall–Kier alpha value is 0.270. The van der Waals surface area contributed by atoms with Crippen molar-refractivity contribution in [1.29, 1.82) is 0 Å². The SMILES string of the molecule is CCSCCNC(C)(CN)C1CC1. The summed E-state index contributed by atoms with van der Waals surface area (Å²) in [5, 5.41) is 3.60. The quantitative estimate of drug-likeness (QED) is 0.614. The molecule has 0 saturated heterocycles. The van der Waals surface area contributed by atoms with Gasteiger partial charge >= 0.3 is 0 Å². The second kappa shape index (κ2) is 5.23. The molecule has 0 aromatic carbocycles. The van der Waals surface area contributed by atoms with E-state index in [0.29, 0.717) is 0 Å². The molecule has 0 aromatic rings. The molecule has 1 rings (SSSR count). The maximum absolute atomic E-state index is 5.79. The highest BCUT2D eigenvalue weighted by Crippen LogP contribution is 2.38. The summed E-state index contributed by atoms with van der Waals surface area (Å²) >= 11 is 1.99. The summed E-state index contributed by atoms with van der Waals surface area (Å²) in [5.41, 5.74) is 6.01. The molecule has 0 aromatic heterocycles. The van der Waals surface area contributed by atoms with E-state index < -0.39 is 0 Å². The van der Waals surface area contributed by atoms with Crippen molar-refractivity contribution in [3.63, 3.8) is 0 Å². The molecule has 0 radical (unpaired) electrons. The second-order valence-electron chi connectivity index (χ2n) is 4.02. The molecule has 78 valence electrons. The van der Waals surface area contributed by atoms with Crippen molar-refractivity contribution in [2.24, 2.45) is 11.7 Å². The monoisotopic (exact) mass is 202 g/mol. The number of thioether (sulfide) groups is 1. The van der Waals surface area contributed by atoms with Crippen LogP contribution < -0.4 is 11.1 Å². The molecular formula is C10H22N2S. The molecular weight excluding hydrogens is 180 g/mol. The van der Waals surface area contributed by atoms with Crippen LogP contribution in [0.15, 0.2) is 0 Å². The van der Waals surface area contributed by atoms with Crippen molar-refractivity contribution in [3.05, 3.63) is 0 Å². The van der Waals surface area contributed by atoms with Gasteiger partial charge in [0.2, 0.25) is 0 Å². The maximum atomic E-state index is 5.79. The van der Waals surface area contributed by atoms with Crippen molar-refractivity contribution < 1.29 is 0 Å². The Balaban J connectivity index is 2.15. The fourth-order valence-electron chi connectivity index (χ4n) is 1.66. The van der Waals surface area contributed by atoms with Crippen LogP contribution >= 0.6 is 11.8 Å². The number of nitrogens with two attached hydrogens (primary N) is 1. The minimum atomic E-state index is 0.217. The van der Waals surface area contributed by atoms with Gasteiger partial charge in [-0.1, -0.05) is 6.92 Å². The summed E-state index contributed by atoms with van der Waals surface area (Å²) in [6.45, 7) is 6.34. The van der Waals surface area contributed by atoms with E-state index in [2.05, 4.69) is 19.2 Å². The zero-order valence-electron chi connectivity index (χ0n) is 8.81. The molecule has 3 heteroatoms. The van der Waals surface area contributed by atoms with Crippen molar-refractivity contribution >= 4 is 11.8 Å². The van der Waals surface area contributed by atoms with Crippen LogP contribution in [0.5, 0.6) is 0 Å². The van der Waals surface area contributed by atoms with Gasteiger partial charge in [-0.25, -0.2) is 0 Å². The fraction of sp³-hybridized carbons (Fsp3) is 1.00. The second-order valence-corrected chi connectivity index (χ2v) is 5.41. The lowest BCUT2D eigenvalue weighted by Crippen LogP contribution is -2.51. The van der Waals surface area contributed by atoms with Crippen LogP contribution in [0.4, 0.5) is 0 Å². The van der Waals surface area contributed by atoms with E-state index in [0.717, 1.165) is 19.0 Å². The molecule has 0 amide bonds. The van der Waals surface area contributed by atoms with Crippen LogP contribution in [0, 0.1) is 5.92 Å². The normalized spacial score (nSPS) is 21.5. The van der Waals surface area contributed by atoms with Gasteiger partial charge in [-0.2, -0.15) is 11.8 Å². The van der Waals surface area contributed by atoms with Crippen LogP contribution in [-0.4, -0.2) is 30.1 Å². The first-order chi connectivity index (χ1) is 6.23. The number of hydrogen-bond donors (Lipinski definition) is 2. The lowest BCUT2D eigenvalue weighted by molar-refractivity contribution is 0.328. The third-order valence-electron chi connectivity index (χ3n) is 2.88. The third-order valence-corrected chi connectivity index (χ3v) is 3.78. The molecule has 0 heterocycles. The fourth-order valence-corrected chi connectivity index (χ4v) is 2.19. The Bertz CT molecular complexity index is 148. The highest BCUT2D eigenvalue weighted by atomic mass is 32.2. The van der Waals surface area contributed by atoms with Gasteiger partial charge in [0.1, 0.15) is 0 Å². The molecule has 1 atom stereocenters. The lowest BCUT2D eigenvalue weighted by atomic mass is 9.96. The Morgan fingerprint density at radius 2 is 2.23 bits per heavy atom. The molecule has 0 aliphatic heterocycles. The molecule has 2 nitrogen and oxygen atoms in total. The van der Waals surface area contributed by atoms with Gasteiger partial charge in [0, 0.05) is 24.4 Å². The Morgan fingerprint density at radius 3 is 2.69 bits per heavy atom. The average Bonchev–Trinajstić information content (AvgIpc) is 2.95. The average molecular weight is 202 g/mol. The highest BCUT2D eigenvalue weighted by molar-refractivity contribution is 7.99.